The first-order chi connectivity index (χ1) is 6.74. The third kappa shape index (κ3) is 1.83. The molecule has 1 aromatic carbocycles. The lowest BCUT2D eigenvalue weighted by Crippen LogP contribution is -1.85. The SMILES string of the molecule is COc1cc(CBr)cc2sc(Br)cc12. The van der Waals surface area contributed by atoms with Crippen molar-refractivity contribution >= 4 is 53.3 Å². The molecule has 1 nitrogen and oxygen atoms in total. The van der Waals surface area contributed by atoms with Gasteiger partial charge in [-0.2, -0.15) is 0 Å². The molecule has 2 aromatic rings. The summed E-state index contributed by atoms with van der Waals surface area (Å²) in [5, 5.41) is 2.03. The number of rotatable bonds is 2. The predicted molar refractivity (Wildman–Crippen MR) is 68.7 cm³/mol. The zero-order chi connectivity index (χ0) is 10.1. The van der Waals surface area contributed by atoms with Gasteiger partial charge < -0.3 is 4.74 Å². The molecule has 0 unspecified atom stereocenters. The average molecular weight is 336 g/mol. The molecule has 1 aromatic heterocycles. The molecule has 0 amide bonds. The Morgan fingerprint density at radius 3 is 2.79 bits per heavy atom. The van der Waals surface area contributed by atoms with Gasteiger partial charge in [-0.3, -0.25) is 0 Å². The highest BCUT2D eigenvalue weighted by Gasteiger charge is 2.07. The molecule has 0 atom stereocenters. The van der Waals surface area contributed by atoms with Gasteiger partial charge in [0.15, 0.2) is 0 Å². The molecule has 2 rings (SSSR count). The molecule has 74 valence electrons. The van der Waals surface area contributed by atoms with Gasteiger partial charge in [-0.1, -0.05) is 15.9 Å². The van der Waals surface area contributed by atoms with E-state index in [1.807, 2.05) is 0 Å². The van der Waals surface area contributed by atoms with Crippen molar-refractivity contribution in [3.05, 3.63) is 27.5 Å². The van der Waals surface area contributed by atoms with Crippen LogP contribution in [0.1, 0.15) is 5.56 Å². The summed E-state index contributed by atoms with van der Waals surface area (Å²) in [6.07, 6.45) is 0. The van der Waals surface area contributed by atoms with Gasteiger partial charge in [0, 0.05) is 15.4 Å². The number of thiophene rings is 1. The topological polar surface area (TPSA) is 9.23 Å². The largest absolute Gasteiger partial charge is 0.496 e. The van der Waals surface area contributed by atoms with E-state index in [4.69, 9.17) is 4.74 Å². The monoisotopic (exact) mass is 334 g/mol. The Balaban J connectivity index is 2.72. The molecule has 4 heteroatoms. The quantitative estimate of drug-likeness (QED) is 0.730. The van der Waals surface area contributed by atoms with Crippen LogP contribution < -0.4 is 4.74 Å². The molecule has 0 radical (unpaired) electrons. The fraction of sp³-hybridized carbons (Fsp3) is 0.200. The smallest absolute Gasteiger partial charge is 0.127 e. The van der Waals surface area contributed by atoms with E-state index < -0.39 is 0 Å². The van der Waals surface area contributed by atoms with Crippen LogP contribution in [-0.4, -0.2) is 7.11 Å². The molecular formula is C10H8Br2OS. The molecule has 0 aliphatic heterocycles. The normalized spacial score (nSPS) is 10.8. The molecular weight excluding hydrogens is 328 g/mol. The minimum Gasteiger partial charge on any atom is -0.496 e. The second kappa shape index (κ2) is 4.21. The van der Waals surface area contributed by atoms with Crippen LogP contribution in [0.2, 0.25) is 0 Å². The number of hydrogen-bond donors (Lipinski definition) is 0. The first-order valence-electron chi connectivity index (χ1n) is 4.06. The number of benzene rings is 1. The van der Waals surface area contributed by atoms with Crippen molar-refractivity contribution in [3.8, 4) is 5.75 Å². The maximum atomic E-state index is 5.35. The van der Waals surface area contributed by atoms with Gasteiger partial charge in [0.05, 0.1) is 10.9 Å². The van der Waals surface area contributed by atoms with Gasteiger partial charge in [0.25, 0.3) is 0 Å². The first kappa shape index (κ1) is 10.5. The van der Waals surface area contributed by atoms with E-state index in [-0.39, 0.29) is 0 Å². The molecule has 0 saturated heterocycles. The van der Waals surface area contributed by atoms with Gasteiger partial charge in [-0.15, -0.1) is 11.3 Å². The molecule has 0 saturated carbocycles. The van der Waals surface area contributed by atoms with Crippen molar-refractivity contribution in [1.82, 2.24) is 0 Å². The summed E-state index contributed by atoms with van der Waals surface area (Å²) in [6, 6.07) is 6.34. The maximum absolute atomic E-state index is 5.35. The molecule has 0 bridgehead atoms. The number of methoxy groups -OCH3 is 1. The first-order valence-corrected chi connectivity index (χ1v) is 6.79. The highest BCUT2D eigenvalue weighted by molar-refractivity contribution is 9.11. The van der Waals surface area contributed by atoms with Crippen LogP contribution in [0, 0.1) is 0 Å². The number of hydrogen-bond acceptors (Lipinski definition) is 2. The van der Waals surface area contributed by atoms with E-state index in [9.17, 15) is 0 Å². The number of ether oxygens (including phenoxy) is 1. The van der Waals surface area contributed by atoms with Gasteiger partial charge in [-0.05, 0) is 39.7 Å². The van der Waals surface area contributed by atoms with Crippen molar-refractivity contribution in [3.63, 3.8) is 0 Å². The second-order valence-electron chi connectivity index (χ2n) is 2.89. The maximum Gasteiger partial charge on any atom is 0.127 e. The summed E-state index contributed by atoms with van der Waals surface area (Å²) < 4.78 is 7.74. The van der Waals surface area contributed by atoms with Crippen molar-refractivity contribution in [2.75, 3.05) is 7.11 Å². The van der Waals surface area contributed by atoms with Crippen molar-refractivity contribution < 1.29 is 4.74 Å². The van der Waals surface area contributed by atoms with E-state index in [0.29, 0.717) is 0 Å². The Kier molecular flexibility index (Phi) is 3.14. The average Bonchev–Trinajstić information content (AvgIpc) is 2.56. The second-order valence-corrected chi connectivity index (χ2v) is 5.92. The third-order valence-corrected chi connectivity index (χ3v) is 4.24. The molecule has 0 fully saturated rings. The summed E-state index contributed by atoms with van der Waals surface area (Å²) in [5.41, 5.74) is 1.24. The van der Waals surface area contributed by atoms with Crippen molar-refractivity contribution in [2.24, 2.45) is 0 Å². The van der Waals surface area contributed by atoms with Gasteiger partial charge in [0.1, 0.15) is 5.75 Å². The fourth-order valence-electron chi connectivity index (χ4n) is 1.38. The minimum absolute atomic E-state index is 0.856. The van der Waals surface area contributed by atoms with Gasteiger partial charge >= 0.3 is 0 Å². The van der Waals surface area contributed by atoms with Crippen LogP contribution in [-0.2, 0) is 5.33 Å². The van der Waals surface area contributed by atoms with Crippen molar-refractivity contribution in [1.29, 1.82) is 0 Å². The van der Waals surface area contributed by atoms with Crippen LogP contribution in [0.3, 0.4) is 0 Å². The molecule has 0 N–H and O–H groups in total. The zero-order valence-electron chi connectivity index (χ0n) is 7.51. The Bertz CT molecular complexity index is 464. The Hall–Kier alpha value is -0.0600. The van der Waals surface area contributed by atoms with E-state index in [1.165, 1.54) is 15.6 Å². The summed E-state index contributed by atoms with van der Waals surface area (Å²) in [4.78, 5) is 0. The Labute approximate surface area is 103 Å². The molecule has 14 heavy (non-hydrogen) atoms. The lowest BCUT2D eigenvalue weighted by molar-refractivity contribution is 0.419. The van der Waals surface area contributed by atoms with E-state index >= 15 is 0 Å². The highest BCUT2D eigenvalue weighted by Crippen LogP contribution is 2.36. The van der Waals surface area contributed by atoms with E-state index in [1.54, 1.807) is 18.4 Å². The third-order valence-electron chi connectivity index (χ3n) is 2.00. The van der Waals surface area contributed by atoms with Crippen LogP contribution in [0.5, 0.6) is 5.75 Å². The summed E-state index contributed by atoms with van der Waals surface area (Å²) >= 11 is 8.66. The number of halogens is 2. The van der Waals surface area contributed by atoms with Crippen LogP contribution in [0.25, 0.3) is 10.1 Å². The summed E-state index contributed by atoms with van der Waals surface area (Å²) in [5.74, 6) is 0.943. The van der Waals surface area contributed by atoms with Crippen LogP contribution in [0.15, 0.2) is 22.0 Å². The predicted octanol–water partition coefficient (Wildman–Crippen LogP) is 4.57. The van der Waals surface area contributed by atoms with Gasteiger partial charge in [-0.25, -0.2) is 0 Å². The highest BCUT2D eigenvalue weighted by atomic mass is 79.9. The fourth-order valence-corrected chi connectivity index (χ4v) is 3.32. The number of alkyl halides is 1. The lowest BCUT2D eigenvalue weighted by atomic mass is 10.2. The van der Waals surface area contributed by atoms with Crippen LogP contribution in [0.4, 0.5) is 0 Å². The van der Waals surface area contributed by atoms with E-state index in [0.717, 1.165) is 14.9 Å². The molecule has 0 spiro atoms. The van der Waals surface area contributed by atoms with Crippen LogP contribution >= 0.6 is 43.2 Å². The Morgan fingerprint density at radius 2 is 2.14 bits per heavy atom. The zero-order valence-corrected chi connectivity index (χ0v) is 11.5. The molecule has 0 aliphatic rings. The molecule has 0 aliphatic carbocycles. The number of fused-ring (bicyclic) bond motifs is 1. The van der Waals surface area contributed by atoms with Crippen molar-refractivity contribution in [2.45, 2.75) is 5.33 Å². The summed E-state index contributed by atoms with van der Waals surface area (Å²) in [6.45, 7) is 0. The lowest BCUT2D eigenvalue weighted by Gasteiger charge is -2.03. The summed E-state index contributed by atoms with van der Waals surface area (Å²) in [7, 11) is 1.71. The van der Waals surface area contributed by atoms with E-state index in [2.05, 4.69) is 50.1 Å². The van der Waals surface area contributed by atoms with Gasteiger partial charge in [0.2, 0.25) is 0 Å². The minimum atomic E-state index is 0.856. The Morgan fingerprint density at radius 1 is 1.36 bits per heavy atom. The standard InChI is InChI=1S/C10H8Br2OS/c1-13-8-2-6(5-11)3-9-7(8)4-10(12)14-9/h2-4H,5H2,1H3. The molecule has 1 heterocycles.